The number of carbonyl (C=O) groups is 4. The number of nitrogens with zero attached hydrogens (tertiary/aromatic N) is 1. The number of nitrogens with one attached hydrogen (secondary N) is 3. The van der Waals surface area contributed by atoms with E-state index in [1.165, 1.54) is 12.8 Å². The largest absolute Gasteiger partial charge is 0.458 e. The molecule has 1 saturated heterocycles. The van der Waals surface area contributed by atoms with Gasteiger partial charge in [0.15, 0.2) is 0 Å². The molecule has 0 aliphatic carbocycles. The van der Waals surface area contributed by atoms with Crippen LogP contribution in [0.25, 0.3) is 10.8 Å². The fourth-order valence-corrected chi connectivity index (χ4v) is 4.93. The molecule has 2 atom stereocenters. The Morgan fingerprint density at radius 2 is 1.79 bits per heavy atom. The van der Waals surface area contributed by atoms with Crippen molar-refractivity contribution in [3.63, 3.8) is 0 Å². The van der Waals surface area contributed by atoms with Crippen LogP contribution in [0, 0.1) is 0 Å². The van der Waals surface area contributed by atoms with Gasteiger partial charge in [-0.3, -0.25) is 19.3 Å². The highest BCUT2D eigenvalue weighted by Crippen LogP contribution is 2.20. The molecule has 1 fully saturated rings. The van der Waals surface area contributed by atoms with E-state index in [1.54, 1.807) is 32.5 Å². The highest BCUT2D eigenvalue weighted by atomic mass is 32.2. The number of unbranched alkanes of at least 4 members (excludes halogenated alkanes) is 1. The van der Waals surface area contributed by atoms with E-state index in [0.29, 0.717) is 44.6 Å². The summed E-state index contributed by atoms with van der Waals surface area (Å²) in [5.41, 5.74) is 0.401. The molecule has 238 valence electrons. The fourth-order valence-electron chi connectivity index (χ4n) is 4.46. The predicted molar refractivity (Wildman–Crippen MR) is 175 cm³/mol. The summed E-state index contributed by atoms with van der Waals surface area (Å²) in [6.45, 7) is 11.0. The molecule has 1 aliphatic rings. The Morgan fingerprint density at radius 1 is 1.09 bits per heavy atom. The maximum Gasteiger partial charge on any atom is 0.329 e. The molecule has 1 heterocycles. The molecular formula is C33H50N4O5S. The summed E-state index contributed by atoms with van der Waals surface area (Å²) in [5, 5.41) is 10.6. The first-order valence-corrected chi connectivity index (χ1v) is 16.6. The van der Waals surface area contributed by atoms with Crippen LogP contribution in [0.5, 0.6) is 0 Å². The molecule has 0 bridgehead atoms. The van der Waals surface area contributed by atoms with Gasteiger partial charge in [0.25, 0.3) is 0 Å². The van der Waals surface area contributed by atoms with E-state index >= 15 is 0 Å². The molecule has 0 saturated carbocycles. The van der Waals surface area contributed by atoms with E-state index in [-0.39, 0.29) is 24.3 Å². The van der Waals surface area contributed by atoms with Gasteiger partial charge in [-0.05, 0) is 62.0 Å². The van der Waals surface area contributed by atoms with Gasteiger partial charge in [-0.25, -0.2) is 4.79 Å². The van der Waals surface area contributed by atoms with Crippen molar-refractivity contribution in [2.75, 3.05) is 31.6 Å². The van der Waals surface area contributed by atoms with Crippen molar-refractivity contribution in [3.8, 4) is 0 Å². The van der Waals surface area contributed by atoms with Crippen molar-refractivity contribution >= 4 is 46.2 Å². The molecule has 0 spiro atoms. The van der Waals surface area contributed by atoms with E-state index in [1.807, 2.05) is 47.6 Å². The first kappa shape index (κ1) is 36.1. The van der Waals surface area contributed by atoms with E-state index < -0.39 is 23.7 Å². The Labute approximate surface area is 261 Å². The summed E-state index contributed by atoms with van der Waals surface area (Å²) in [6.07, 6.45) is 5.88. The Morgan fingerprint density at radius 3 is 2.42 bits per heavy atom. The van der Waals surface area contributed by atoms with Crippen molar-refractivity contribution in [1.29, 1.82) is 0 Å². The van der Waals surface area contributed by atoms with Crippen LogP contribution in [0.3, 0.4) is 0 Å². The molecule has 0 radical (unpaired) electrons. The molecule has 10 heteroatoms. The van der Waals surface area contributed by atoms with Gasteiger partial charge in [-0.15, -0.1) is 0 Å². The number of hydrogen-bond donors (Lipinski definition) is 3. The lowest BCUT2D eigenvalue weighted by Gasteiger charge is -2.26. The Bertz CT molecular complexity index is 1190. The molecule has 43 heavy (non-hydrogen) atoms. The normalized spacial score (nSPS) is 15.3. The Hall–Kier alpha value is -3.11. The van der Waals surface area contributed by atoms with Crippen LogP contribution < -0.4 is 16.0 Å². The number of rotatable bonds is 14. The minimum atomic E-state index is -0.741. The van der Waals surface area contributed by atoms with Crippen molar-refractivity contribution in [3.05, 3.63) is 48.0 Å². The van der Waals surface area contributed by atoms with Crippen LogP contribution in [0.1, 0.15) is 72.3 Å². The number of thioether (sulfide) groups is 1. The molecular weight excluding hydrogens is 564 g/mol. The van der Waals surface area contributed by atoms with Gasteiger partial charge in [0.05, 0.1) is 6.54 Å². The van der Waals surface area contributed by atoms with Crippen molar-refractivity contribution in [2.45, 2.75) is 91.0 Å². The zero-order chi connectivity index (χ0) is 31.8. The van der Waals surface area contributed by atoms with Crippen LogP contribution in [0.4, 0.5) is 0 Å². The molecule has 3 rings (SSSR count). The maximum atomic E-state index is 13.2. The Balaban J connectivity index is 0.00000151. The highest BCUT2D eigenvalue weighted by Gasteiger charge is 2.28. The van der Waals surface area contributed by atoms with Gasteiger partial charge in [-0.2, -0.15) is 11.8 Å². The maximum absolute atomic E-state index is 13.2. The van der Waals surface area contributed by atoms with E-state index in [0.717, 1.165) is 16.3 Å². The summed E-state index contributed by atoms with van der Waals surface area (Å²) in [7, 11) is 0. The molecule has 2 aromatic carbocycles. The number of esters is 1. The third-order valence-electron chi connectivity index (χ3n) is 6.82. The second kappa shape index (κ2) is 18.5. The highest BCUT2D eigenvalue weighted by molar-refractivity contribution is 7.98. The van der Waals surface area contributed by atoms with Crippen molar-refractivity contribution in [1.82, 2.24) is 20.9 Å². The van der Waals surface area contributed by atoms with Gasteiger partial charge in [0.2, 0.25) is 17.7 Å². The topological polar surface area (TPSA) is 117 Å². The quantitative estimate of drug-likeness (QED) is 0.270. The Kier molecular flexibility index (Phi) is 15.6. The molecule has 2 aromatic rings. The fraction of sp³-hybridized carbons (Fsp3) is 0.576. The third kappa shape index (κ3) is 13.4. The van der Waals surface area contributed by atoms with Crippen LogP contribution in [0.2, 0.25) is 0 Å². The number of fused-ring (bicyclic) bond motifs is 1. The molecule has 0 unspecified atom stereocenters. The van der Waals surface area contributed by atoms with Gasteiger partial charge in [0.1, 0.15) is 17.7 Å². The summed E-state index contributed by atoms with van der Waals surface area (Å²) < 4.78 is 5.54. The zero-order valence-electron chi connectivity index (χ0n) is 26.7. The summed E-state index contributed by atoms with van der Waals surface area (Å²) >= 11 is 1.60. The minimum Gasteiger partial charge on any atom is -0.458 e. The van der Waals surface area contributed by atoms with E-state index in [4.69, 9.17) is 4.74 Å². The van der Waals surface area contributed by atoms with E-state index in [9.17, 15) is 19.2 Å². The average Bonchev–Trinajstić information content (AvgIpc) is 3.40. The summed E-state index contributed by atoms with van der Waals surface area (Å²) in [4.78, 5) is 51.9. The number of carbonyl (C=O) groups excluding carboxylic acids is 4. The molecule has 9 nitrogen and oxygen atoms in total. The van der Waals surface area contributed by atoms with Gasteiger partial charge in [-0.1, -0.05) is 69.2 Å². The number of hydrogen-bond acceptors (Lipinski definition) is 7. The number of amides is 3. The molecule has 3 N–H and O–H groups in total. The zero-order valence-corrected chi connectivity index (χ0v) is 27.5. The average molecular weight is 615 g/mol. The second-order valence-corrected chi connectivity index (χ2v) is 12.7. The lowest BCUT2D eigenvalue weighted by molar-refractivity contribution is -0.158. The standard InChI is InChI=1S/C29H40N4O5S.C4H10/c1-29(2,3)38-28(37)24(14-17-39-4)32-26(35)19-33(16-15-30-27(36)23-12-13-25(34)31-23)18-21-10-7-9-20-8-5-6-11-22(20)21;1-3-4-2/h5-11,23-24H,12-19H2,1-4H3,(H,30,36)(H,31,34)(H,32,35);3-4H2,1-2H3/t23-,24-;/m0./s1. The lowest BCUT2D eigenvalue weighted by Crippen LogP contribution is -2.49. The first-order chi connectivity index (χ1) is 20.5. The van der Waals surface area contributed by atoms with Gasteiger partial charge >= 0.3 is 5.97 Å². The van der Waals surface area contributed by atoms with Crippen LogP contribution in [0.15, 0.2) is 42.5 Å². The molecule has 3 amide bonds. The molecule has 0 aromatic heterocycles. The number of benzene rings is 2. The van der Waals surface area contributed by atoms with Crippen LogP contribution in [-0.4, -0.2) is 77.9 Å². The summed E-state index contributed by atoms with van der Waals surface area (Å²) in [6, 6.07) is 12.9. The van der Waals surface area contributed by atoms with Crippen LogP contribution in [-0.2, 0) is 30.5 Å². The van der Waals surface area contributed by atoms with Crippen LogP contribution >= 0.6 is 11.8 Å². The third-order valence-corrected chi connectivity index (χ3v) is 7.46. The van der Waals surface area contributed by atoms with Gasteiger partial charge < -0.3 is 20.7 Å². The van der Waals surface area contributed by atoms with Gasteiger partial charge in [0, 0.05) is 26.1 Å². The predicted octanol–water partition coefficient (Wildman–Crippen LogP) is 4.42. The lowest BCUT2D eigenvalue weighted by atomic mass is 10.0. The monoisotopic (exact) mass is 614 g/mol. The smallest absolute Gasteiger partial charge is 0.329 e. The summed E-state index contributed by atoms with van der Waals surface area (Å²) in [5.74, 6) is -0.381. The SMILES string of the molecule is CCCC.CSCC[C@H](NC(=O)CN(CCNC(=O)[C@@H]1CCC(=O)N1)Cc1cccc2ccccc12)C(=O)OC(C)(C)C. The minimum absolute atomic E-state index is 0.0395. The van der Waals surface area contributed by atoms with E-state index in [2.05, 4.69) is 35.9 Å². The second-order valence-electron chi connectivity index (χ2n) is 11.7. The number of ether oxygens (including phenoxy) is 1. The van der Waals surface area contributed by atoms with Crippen molar-refractivity contribution in [2.24, 2.45) is 0 Å². The first-order valence-electron chi connectivity index (χ1n) is 15.2. The van der Waals surface area contributed by atoms with Crippen molar-refractivity contribution < 1.29 is 23.9 Å². The molecule has 1 aliphatic heterocycles.